The Morgan fingerprint density at radius 1 is 1.54 bits per heavy atom. The van der Waals surface area contributed by atoms with Crippen LogP contribution in [0.4, 0.5) is 4.79 Å². The summed E-state index contributed by atoms with van der Waals surface area (Å²) in [5.41, 5.74) is 5.35. The normalized spacial score (nSPS) is 19.0. The number of nitrogens with zero attached hydrogens (tertiary/aromatic N) is 1. The summed E-state index contributed by atoms with van der Waals surface area (Å²) in [6.45, 7) is 2.73. The topological polar surface area (TPSA) is 78.6 Å². The first-order valence-electron chi connectivity index (χ1n) is 4.65. The van der Waals surface area contributed by atoms with Crippen molar-refractivity contribution >= 4 is 6.09 Å². The molecule has 0 radical (unpaired) electrons. The Balaban J connectivity index is 2.18. The molecule has 1 heterocycles. The fraction of sp³-hybridized carbons (Fsp3) is 0.875. The number of nitrogens with one attached hydrogen (secondary N) is 1. The van der Waals surface area contributed by atoms with E-state index >= 15 is 0 Å². The standard InChI is InChI=1S/C8H17N3O2/c9-3-4-10-7-1-5-11(6-2-7)8(12)13/h7,10H,1-6,9H2,(H,12,13). The van der Waals surface area contributed by atoms with Gasteiger partial charge in [0.05, 0.1) is 0 Å². The van der Waals surface area contributed by atoms with Crippen molar-refractivity contribution in [2.75, 3.05) is 26.2 Å². The van der Waals surface area contributed by atoms with Gasteiger partial charge in [-0.25, -0.2) is 4.79 Å². The smallest absolute Gasteiger partial charge is 0.407 e. The van der Waals surface area contributed by atoms with E-state index in [1.165, 1.54) is 4.90 Å². The fourth-order valence-electron chi connectivity index (χ4n) is 1.56. The van der Waals surface area contributed by atoms with Gasteiger partial charge in [-0.2, -0.15) is 0 Å². The molecular weight excluding hydrogens is 170 g/mol. The molecule has 0 aromatic rings. The zero-order valence-electron chi connectivity index (χ0n) is 7.70. The number of carbonyl (C=O) groups is 1. The molecule has 1 saturated heterocycles. The van der Waals surface area contributed by atoms with Crippen LogP contribution in [-0.2, 0) is 0 Å². The largest absolute Gasteiger partial charge is 0.465 e. The third kappa shape index (κ3) is 3.20. The van der Waals surface area contributed by atoms with E-state index in [-0.39, 0.29) is 0 Å². The van der Waals surface area contributed by atoms with Crippen molar-refractivity contribution in [2.45, 2.75) is 18.9 Å². The van der Waals surface area contributed by atoms with Gasteiger partial charge >= 0.3 is 6.09 Å². The molecule has 0 saturated carbocycles. The molecule has 13 heavy (non-hydrogen) atoms. The number of hydrogen-bond donors (Lipinski definition) is 3. The zero-order valence-corrected chi connectivity index (χ0v) is 7.70. The third-order valence-electron chi connectivity index (χ3n) is 2.34. The average molecular weight is 187 g/mol. The second-order valence-electron chi connectivity index (χ2n) is 3.29. The van der Waals surface area contributed by atoms with Crippen LogP contribution in [0.2, 0.25) is 0 Å². The average Bonchev–Trinajstić information content (AvgIpc) is 2.15. The lowest BCUT2D eigenvalue weighted by Gasteiger charge is -2.30. The number of hydrogen-bond acceptors (Lipinski definition) is 3. The van der Waals surface area contributed by atoms with Crippen LogP contribution in [0.25, 0.3) is 0 Å². The van der Waals surface area contributed by atoms with Crippen molar-refractivity contribution in [1.29, 1.82) is 0 Å². The minimum Gasteiger partial charge on any atom is -0.465 e. The van der Waals surface area contributed by atoms with Crippen LogP contribution in [0.1, 0.15) is 12.8 Å². The lowest BCUT2D eigenvalue weighted by molar-refractivity contribution is 0.129. The maximum atomic E-state index is 10.6. The van der Waals surface area contributed by atoms with Gasteiger partial charge in [0.1, 0.15) is 0 Å². The van der Waals surface area contributed by atoms with Crippen molar-refractivity contribution in [1.82, 2.24) is 10.2 Å². The van der Waals surface area contributed by atoms with E-state index in [2.05, 4.69) is 5.32 Å². The molecule has 0 atom stereocenters. The number of piperidine rings is 1. The number of nitrogens with two attached hydrogens (primary N) is 1. The van der Waals surface area contributed by atoms with E-state index in [9.17, 15) is 4.79 Å². The molecule has 0 spiro atoms. The highest BCUT2D eigenvalue weighted by Crippen LogP contribution is 2.09. The predicted octanol–water partition coefficient (Wildman–Crippen LogP) is -0.323. The molecule has 1 amide bonds. The fourth-order valence-corrected chi connectivity index (χ4v) is 1.56. The second kappa shape index (κ2) is 5.04. The van der Waals surface area contributed by atoms with Crippen LogP contribution in [0.3, 0.4) is 0 Å². The molecule has 0 aromatic carbocycles. The highest BCUT2D eigenvalue weighted by molar-refractivity contribution is 5.65. The van der Waals surface area contributed by atoms with Crippen molar-refractivity contribution in [3.05, 3.63) is 0 Å². The lowest BCUT2D eigenvalue weighted by Crippen LogP contribution is -2.45. The van der Waals surface area contributed by atoms with Gasteiger partial charge in [0.25, 0.3) is 0 Å². The van der Waals surface area contributed by atoms with Crippen LogP contribution in [-0.4, -0.2) is 48.3 Å². The first-order valence-corrected chi connectivity index (χ1v) is 4.65. The van der Waals surface area contributed by atoms with E-state index in [1.54, 1.807) is 0 Å². The van der Waals surface area contributed by atoms with Crippen LogP contribution in [0, 0.1) is 0 Å². The molecule has 0 unspecified atom stereocenters. The maximum Gasteiger partial charge on any atom is 0.407 e. The minimum absolute atomic E-state index is 0.444. The Kier molecular flexibility index (Phi) is 3.98. The van der Waals surface area contributed by atoms with Crippen molar-refractivity contribution in [3.63, 3.8) is 0 Å². The molecule has 76 valence electrons. The maximum absolute atomic E-state index is 10.6. The van der Waals surface area contributed by atoms with Crippen molar-refractivity contribution in [2.24, 2.45) is 5.73 Å². The summed E-state index contributed by atoms with van der Waals surface area (Å²) in [6.07, 6.45) is 0.982. The summed E-state index contributed by atoms with van der Waals surface area (Å²) < 4.78 is 0. The van der Waals surface area contributed by atoms with Gasteiger partial charge < -0.3 is 21.1 Å². The minimum atomic E-state index is -0.808. The highest BCUT2D eigenvalue weighted by Gasteiger charge is 2.21. The van der Waals surface area contributed by atoms with Crippen molar-refractivity contribution in [3.8, 4) is 0 Å². The molecular formula is C8H17N3O2. The number of carboxylic acid groups (broad SMARTS) is 1. The number of amides is 1. The molecule has 4 N–H and O–H groups in total. The van der Waals surface area contributed by atoms with Gasteiger partial charge in [-0.05, 0) is 12.8 Å². The Morgan fingerprint density at radius 3 is 2.62 bits per heavy atom. The highest BCUT2D eigenvalue weighted by atomic mass is 16.4. The van der Waals surface area contributed by atoms with Crippen LogP contribution < -0.4 is 11.1 Å². The van der Waals surface area contributed by atoms with Gasteiger partial charge in [-0.15, -0.1) is 0 Å². The first kappa shape index (κ1) is 10.3. The Hall–Kier alpha value is -0.810. The molecule has 5 nitrogen and oxygen atoms in total. The van der Waals surface area contributed by atoms with Crippen LogP contribution in [0.5, 0.6) is 0 Å². The number of likely N-dealkylation sites (tertiary alicyclic amines) is 1. The predicted molar refractivity (Wildman–Crippen MR) is 49.7 cm³/mol. The van der Waals surface area contributed by atoms with Gasteiger partial charge in [-0.1, -0.05) is 0 Å². The summed E-state index contributed by atoms with van der Waals surface area (Å²) in [5, 5.41) is 12.0. The molecule has 0 aliphatic carbocycles. The van der Waals surface area contributed by atoms with Crippen LogP contribution in [0.15, 0.2) is 0 Å². The van der Waals surface area contributed by atoms with Gasteiger partial charge in [0.2, 0.25) is 0 Å². The molecule has 1 rings (SSSR count). The quantitative estimate of drug-likeness (QED) is 0.565. The summed E-state index contributed by atoms with van der Waals surface area (Å²) in [4.78, 5) is 12.0. The third-order valence-corrected chi connectivity index (χ3v) is 2.34. The molecule has 5 heteroatoms. The molecule has 1 aliphatic rings. The molecule has 1 aliphatic heterocycles. The summed E-state index contributed by atoms with van der Waals surface area (Å²) in [7, 11) is 0. The second-order valence-corrected chi connectivity index (χ2v) is 3.29. The first-order chi connectivity index (χ1) is 6.24. The Bertz CT molecular complexity index is 167. The van der Waals surface area contributed by atoms with E-state index in [1.807, 2.05) is 0 Å². The van der Waals surface area contributed by atoms with E-state index in [0.29, 0.717) is 25.7 Å². The monoisotopic (exact) mass is 187 g/mol. The van der Waals surface area contributed by atoms with E-state index in [4.69, 9.17) is 10.8 Å². The summed E-state index contributed by atoms with van der Waals surface area (Å²) in [5.74, 6) is 0. The summed E-state index contributed by atoms with van der Waals surface area (Å²) >= 11 is 0. The van der Waals surface area contributed by atoms with E-state index in [0.717, 1.165) is 19.4 Å². The van der Waals surface area contributed by atoms with Gasteiger partial charge in [0, 0.05) is 32.2 Å². The zero-order chi connectivity index (χ0) is 9.68. The number of rotatable bonds is 3. The lowest BCUT2D eigenvalue weighted by atomic mass is 10.1. The van der Waals surface area contributed by atoms with Crippen molar-refractivity contribution < 1.29 is 9.90 Å². The Labute approximate surface area is 77.9 Å². The van der Waals surface area contributed by atoms with E-state index < -0.39 is 6.09 Å². The molecule has 0 aromatic heterocycles. The SMILES string of the molecule is NCCNC1CCN(C(=O)O)CC1. The Morgan fingerprint density at radius 2 is 2.15 bits per heavy atom. The molecule has 1 fully saturated rings. The summed E-state index contributed by atoms with van der Waals surface area (Å²) in [6, 6.07) is 0.444. The van der Waals surface area contributed by atoms with Gasteiger partial charge in [0.15, 0.2) is 0 Å². The molecule has 0 bridgehead atoms. The van der Waals surface area contributed by atoms with Gasteiger partial charge in [-0.3, -0.25) is 0 Å². The van der Waals surface area contributed by atoms with Crippen LogP contribution >= 0.6 is 0 Å².